The Bertz CT molecular complexity index is 581. The summed E-state index contributed by atoms with van der Waals surface area (Å²) in [4.78, 5) is 7.42. The van der Waals surface area contributed by atoms with Crippen LogP contribution in [0, 0.1) is 0 Å². The summed E-state index contributed by atoms with van der Waals surface area (Å²) in [7, 11) is 0. The molecule has 1 aliphatic carbocycles. The van der Waals surface area contributed by atoms with E-state index in [0.29, 0.717) is 12.6 Å². The van der Waals surface area contributed by atoms with E-state index in [1.165, 1.54) is 58.0 Å². The van der Waals surface area contributed by atoms with Crippen LogP contribution in [-0.2, 0) is 6.42 Å². The van der Waals surface area contributed by atoms with Crippen molar-refractivity contribution in [2.24, 2.45) is 4.99 Å². The maximum Gasteiger partial charge on any atom is 0.191 e. The van der Waals surface area contributed by atoms with Crippen LogP contribution >= 0.6 is 0 Å². The molecule has 27 heavy (non-hydrogen) atoms. The Labute approximate surface area is 164 Å². The first-order valence-corrected chi connectivity index (χ1v) is 10.7. The molecule has 150 valence electrons. The molecule has 5 nitrogen and oxygen atoms in total. The number of nitrogens with zero attached hydrogens (tertiary/aromatic N) is 2. The smallest absolute Gasteiger partial charge is 0.191 e. The van der Waals surface area contributed by atoms with Crippen molar-refractivity contribution < 1.29 is 4.42 Å². The van der Waals surface area contributed by atoms with Crippen molar-refractivity contribution in [3.05, 3.63) is 36.3 Å². The maximum absolute atomic E-state index is 5.41. The van der Waals surface area contributed by atoms with Gasteiger partial charge in [-0.05, 0) is 44.7 Å². The summed E-state index contributed by atoms with van der Waals surface area (Å²) >= 11 is 0. The lowest BCUT2D eigenvalue weighted by molar-refractivity contribution is 0.119. The van der Waals surface area contributed by atoms with Gasteiger partial charge in [-0.25, -0.2) is 4.99 Å². The van der Waals surface area contributed by atoms with Gasteiger partial charge >= 0.3 is 0 Å². The molecule has 2 N–H and O–H groups in total. The van der Waals surface area contributed by atoms with E-state index in [2.05, 4.69) is 22.1 Å². The second kappa shape index (κ2) is 10.5. The molecule has 1 aliphatic heterocycles. The highest BCUT2D eigenvalue weighted by Crippen LogP contribution is 2.25. The Morgan fingerprint density at radius 2 is 2.00 bits per heavy atom. The highest BCUT2D eigenvalue weighted by Gasteiger charge is 2.26. The Morgan fingerprint density at radius 3 is 2.67 bits per heavy atom. The Hall–Kier alpha value is -1.75. The second-order valence-electron chi connectivity index (χ2n) is 8.12. The zero-order valence-corrected chi connectivity index (χ0v) is 16.9. The molecule has 0 atom stereocenters. The van der Waals surface area contributed by atoms with Gasteiger partial charge in [0, 0.05) is 38.1 Å². The number of nitrogens with one attached hydrogen (secondary N) is 2. The summed E-state index contributed by atoms with van der Waals surface area (Å²) in [5.41, 5.74) is 1.08. The predicted molar refractivity (Wildman–Crippen MR) is 112 cm³/mol. The fourth-order valence-corrected chi connectivity index (χ4v) is 4.17. The van der Waals surface area contributed by atoms with E-state index in [4.69, 9.17) is 9.41 Å². The van der Waals surface area contributed by atoms with Gasteiger partial charge in [-0.1, -0.05) is 31.4 Å². The van der Waals surface area contributed by atoms with Crippen LogP contribution in [0.25, 0.3) is 0 Å². The number of aliphatic imine (C=N–C) groups is 1. The molecule has 2 aliphatic rings. The van der Waals surface area contributed by atoms with Crippen molar-refractivity contribution in [3.8, 4) is 0 Å². The molecule has 0 unspecified atom stereocenters. The molecule has 1 saturated heterocycles. The molecular formula is C22H36N4O. The van der Waals surface area contributed by atoms with Crippen molar-refractivity contribution in [1.29, 1.82) is 0 Å². The third kappa shape index (κ3) is 6.73. The average Bonchev–Trinajstić information content (AvgIpc) is 3.21. The minimum Gasteiger partial charge on any atom is -0.469 e. The van der Waals surface area contributed by atoms with Gasteiger partial charge in [0.1, 0.15) is 5.76 Å². The van der Waals surface area contributed by atoms with Gasteiger partial charge in [-0.3, -0.25) is 0 Å². The molecule has 0 radical (unpaired) electrons. The minimum absolute atomic E-state index is 0.504. The van der Waals surface area contributed by atoms with Gasteiger partial charge in [-0.15, -0.1) is 0 Å². The lowest BCUT2D eigenvalue weighted by Gasteiger charge is -2.39. The zero-order chi connectivity index (χ0) is 18.9. The van der Waals surface area contributed by atoms with Crippen molar-refractivity contribution in [2.45, 2.75) is 70.4 Å². The fourth-order valence-electron chi connectivity index (χ4n) is 4.17. The van der Waals surface area contributed by atoms with E-state index in [9.17, 15) is 0 Å². The lowest BCUT2D eigenvalue weighted by atomic mass is 9.92. The van der Waals surface area contributed by atoms with Crippen molar-refractivity contribution in [2.75, 3.05) is 26.2 Å². The van der Waals surface area contributed by atoms with E-state index in [1.807, 2.05) is 19.1 Å². The van der Waals surface area contributed by atoms with Gasteiger partial charge < -0.3 is 20.0 Å². The van der Waals surface area contributed by atoms with E-state index < -0.39 is 0 Å². The monoisotopic (exact) mass is 372 g/mol. The molecule has 3 rings (SSSR count). The van der Waals surface area contributed by atoms with Crippen LogP contribution in [0.5, 0.6) is 0 Å². The SMILES string of the molecule is C=C(C)CN=C(NCCc1ccco1)NC1CCN(C2CCCCC2)CC1. The Kier molecular flexibility index (Phi) is 7.81. The van der Waals surface area contributed by atoms with E-state index in [1.54, 1.807) is 6.26 Å². The zero-order valence-electron chi connectivity index (χ0n) is 16.9. The third-order valence-electron chi connectivity index (χ3n) is 5.71. The summed E-state index contributed by atoms with van der Waals surface area (Å²) in [6.07, 6.45) is 12.0. The molecular weight excluding hydrogens is 336 g/mol. The second-order valence-corrected chi connectivity index (χ2v) is 8.12. The molecule has 2 fully saturated rings. The quantitative estimate of drug-likeness (QED) is 0.435. The van der Waals surface area contributed by atoms with Crippen molar-refractivity contribution >= 4 is 5.96 Å². The van der Waals surface area contributed by atoms with Crippen LogP contribution in [0.1, 0.15) is 57.6 Å². The van der Waals surface area contributed by atoms with E-state index >= 15 is 0 Å². The number of hydrogen-bond acceptors (Lipinski definition) is 3. The van der Waals surface area contributed by atoms with Crippen LogP contribution in [0.3, 0.4) is 0 Å². The first-order chi connectivity index (χ1) is 13.2. The summed E-state index contributed by atoms with van der Waals surface area (Å²) in [6.45, 7) is 9.89. The van der Waals surface area contributed by atoms with Crippen LogP contribution < -0.4 is 10.6 Å². The molecule has 2 heterocycles. The summed E-state index contributed by atoms with van der Waals surface area (Å²) in [5.74, 6) is 1.91. The first kappa shape index (κ1) is 20.0. The number of rotatable bonds is 7. The summed E-state index contributed by atoms with van der Waals surface area (Å²) < 4.78 is 5.41. The van der Waals surface area contributed by atoms with Crippen molar-refractivity contribution in [3.63, 3.8) is 0 Å². The molecule has 1 aromatic heterocycles. The van der Waals surface area contributed by atoms with E-state index in [0.717, 1.165) is 36.3 Å². The molecule has 0 amide bonds. The summed E-state index contributed by atoms with van der Waals surface area (Å²) in [6, 6.07) is 5.29. The predicted octanol–water partition coefficient (Wildman–Crippen LogP) is 3.73. The molecule has 5 heteroatoms. The third-order valence-corrected chi connectivity index (χ3v) is 5.71. The molecule has 0 aromatic carbocycles. The number of piperidine rings is 1. The normalized spacial score (nSPS) is 20.6. The van der Waals surface area contributed by atoms with Crippen LogP contribution in [0.15, 0.2) is 40.0 Å². The number of guanidine groups is 1. The van der Waals surface area contributed by atoms with Crippen molar-refractivity contribution in [1.82, 2.24) is 15.5 Å². The summed E-state index contributed by atoms with van der Waals surface area (Å²) in [5, 5.41) is 7.11. The Balaban J connectivity index is 1.45. The average molecular weight is 373 g/mol. The highest BCUT2D eigenvalue weighted by atomic mass is 16.3. The van der Waals surface area contributed by atoms with Gasteiger partial charge in [0.15, 0.2) is 5.96 Å². The first-order valence-electron chi connectivity index (χ1n) is 10.7. The van der Waals surface area contributed by atoms with Gasteiger partial charge in [0.2, 0.25) is 0 Å². The topological polar surface area (TPSA) is 52.8 Å². The highest BCUT2D eigenvalue weighted by molar-refractivity contribution is 5.80. The van der Waals surface area contributed by atoms with Crippen LogP contribution in [0.4, 0.5) is 0 Å². The van der Waals surface area contributed by atoms with Crippen LogP contribution in [0.2, 0.25) is 0 Å². The molecule has 1 aromatic rings. The number of furan rings is 1. The molecule has 0 bridgehead atoms. The fraction of sp³-hybridized carbons (Fsp3) is 0.682. The Morgan fingerprint density at radius 1 is 1.22 bits per heavy atom. The number of hydrogen-bond donors (Lipinski definition) is 2. The lowest BCUT2D eigenvalue weighted by Crippen LogP contribution is -2.51. The van der Waals surface area contributed by atoms with Gasteiger partial charge in [-0.2, -0.15) is 0 Å². The minimum atomic E-state index is 0.504. The standard InChI is InChI=1S/C22H36N4O/c1-18(2)17-24-22(23-13-10-21-9-6-16-27-21)25-19-11-14-26(15-12-19)20-7-4-3-5-8-20/h6,9,16,19-20H,1,3-5,7-8,10-15,17H2,2H3,(H2,23,24,25). The van der Waals surface area contributed by atoms with E-state index in [-0.39, 0.29) is 0 Å². The number of likely N-dealkylation sites (tertiary alicyclic amines) is 1. The molecule has 0 spiro atoms. The van der Waals surface area contributed by atoms with Gasteiger partial charge in [0.05, 0.1) is 12.8 Å². The van der Waals surface area contributed by atoms with Gasteiger partial charge in [0.25, 0.3) is 0 Å². The maximum atomic E-state index is 5.41. The molecule has 1 saturated carbocycles. The van der Waals surface area contributed by atoms with Crippen LogP contribution in [-0.4, -0.2) is 49.1 Å². The largest absolute Gasteiger partial charge is 0.469 e.